The van der Waals surface area contributed by atoms with Gasteiger partial charge in [0.25, 0.3) is 0 Å². The number of hydrogen-bond donors (Lipinski definition) is 2. The number of nitrogens with zero attached hydrogens (tertiary/aromatic N) is 2. The normalized spacial score (nSPS) is 11.3. The molecule has 0 saturated heterocycles. The van der Waals surface area contributed by atoms with Gasteiger partial charge in [-0.2, -0.15) is 0 Å². The Bertz CT molecular complexity index is 2450. The number of aliphatic carboxylic acids is 1. The number of ether oxygens (including phenoxy) is 6. The van der Waals surface area contributed by atoms with Gasteiger partial charge < -0.3 is 43.8 Å². The number of ketones is 1. The molecule has 0 aliphatic rings. The van der Waals surface area contributed by atoms with Crippen molar-refractivity contribution in [1.29, 1.82) is 0 Å². The number of esters is 6. The number of quaternary nitrogens is 1. The molecule has 0 aliphatic heterocycles. The molecule has 0 aromatic heterocycles. The maximum atomic E-state index is 12.2. The summed E-state index contributed by atoms with van der Waals surface area (Å²) in [7, 11) is -4.27. The van der Waals surface area contributed by atoms with Gasteiger partial charge in [0, 0.05) is 6.42 Å². The molecule has 82 heavy (non-hydrogen) atoms. The summed E-state index contributed by atoms with van der Waals surface area (Å²) in [5, 5.41) is 9.10. The molecule has 4 N–H and O–H groups in total. The van der Waals surface area contributed by atoms with Gasteiger partial charge in [-0.3, -0.25) is 48.2 Å². The third-order valence-electron chi connectivity index (χ3n) is 8.70. The third-order valence-corrected chi connectivity index (χ3v) is 10.0. The molecule has 464 valence electrons. The molecule has 0 fully saturated rings. The molecule has 0 aliphatic carbocycles. The lowest BCUT2D eigenvalue weighted by atomic mass is 10.1. The Morgan fingerprint density at radius 2 is 0.829 bits per heavy atom. The van der Waals surface area contributed by atoms with Crippen LogP contribution in [0.3, 0.4) is 0 Å². The molecule has 3 aromatic carbocycles. The quantitative estimate of drug-likeness (QED) is 0.0480. The second kappa shape index (κ2) is 38.6. The van der Waals surface area contributed by atoms with E-state index < -0.39 is 74.9 Å². The van der Waals surface area contributed by atoms with E-state index in [0.717, 1.165) is 17.5 Å². The van der Waals surface area contributed by atoms with Gasteiger partial charge in [0.1, 0.15) is 56.6 Å². The van der Waals surface area contributed by atoms with Gasteiger partial charge in [-0.25, -0.2) is 8.42 Å². The average molecular weight is 1240 g/mol. The molecule has 0 bridgehead atoms. The average Bonchev–Trinajstić information content (AvgIpc) is 3.28. The Labute approximate surface area is 495 Å². The summed E-state index contributed by atoms with van der Waals surface area (Å²) in [6, 6.07) is 25.1. The minimum Gasteiger partial charge on any atom is -0.744 e. The Morgan fingerprint density at radius 3 is 1.12 bits per heavy atom. The van der Waals surface area contributed by atoms with Crippen LogP contribution in [0.1, 0.15) is 134 Å². The van der Waals surface area contributed by atoms with E-state index in [4.69, 9.17) is 33.5 Å². The number of carbonyl (C=O) groups is 8. The predicted octanol–water partition coefficient (Wildman–Crippen LogP) is 7.46. The van der Waals surface area contributed by atoms with Crippen molar-refractivity contribution in [3.63, 3.8) is 0 Å². The summed E-state index contributed by atoms with van der Waals surface area (Å²) in [6.45, 7) is 26.9. The SMILES string of the molecule is C.CC(C)(C)OC(=O)CBr.CC(C)(C)OC(=O)CN(CC(=O)O)CC(=O)OC(C)(C)C.CC(C)(C)OC(=O)CN(CC(=O)OCc1ccccc1)CC(=O)OC(C)(C)C.Cc1ccc(S(=O)(=O)[O-])cc1.[NH3+]CC(=O)CCc1ccccc1. The van der Waals surface area contributed by atoms with E-state index in [-0.39, 0.29) is 74.3 Å². The maximum Gasteiger partial charge on any atom is 0.320 e. The number of carboxylic acid groups (broad SMARTS) is 1. The molecule has 0 radical (unpaired) electrons. The number of carbonyl (C=O) groups excluding carboxylic acids is 7. The molecule has 0 saturated carbocycles. The molecule has 0 unspecified atom stereocenters. The van der Waals surface area contributed by atoms with E-state index in [1.54, 1.807) is 95.2 Å². The zero-order valence-electron chi connectivity index (χ0n) is 50.1. The fourth-order valence-electron chi connectivity index (χ4n) is 5.85. The monoisotopic (exact) mass is 1240 g/mol. The lowest BCUT2D eigenvalue weighted by molar-refractivity contribution is -0.354. The molecule has 0 atom stereocenters. The van der Waals surface area contributed by atoms with Gasteiger partial charge in [0.15, 0.2) is 5.78 Å². The van der Waals surface area contributed by atoms with E-state index in [0.29, 0.717) is 13.0 Å². The molecular formula is C59H92BrN3O18S. The first kappa shape index (κ1) is 80.1. The molecule has 0 amide bonds. The fourth-order valence-corrected chi connectivity index (χ4v) is 6.43. The van der Waals surface area contributed by atoms with Gasteiger partial charge >= 0.3 is 41.8 Å². The minimum atomic E-state index is -4.27. The van der Waals surface area contributed by atoms with E-state index in [2.05, 4.69) is 21.7 Å². The van der Waals surface area contributed by atoms with Gasteiger partial charge in [-0.1, -0.05) is 102 Å². The van der Waals surface area contributed by atoms with Gasteiger partial charge in [0.2, 0.25) is 0 Å². The second-order valence-corrected chi connectivity index (χ2v) is 24.9. The lowest BCUT2D eigenvalue weighted by Gasteiger charge is -2.25. The molecule has 3 aromatic rings. The van der Waals surface area contributed by atoms with Crippen LogP contribution < -0.4 is 5.73 Å². The Hall–Kier alpha value is -6.11. The highest BCUT2D eigenvalue weighted by molar-refractivity contribution is 9.09. The van der Waals surface area contributed by atoms with Crippen molar-refractivity contribution >= 4 is 73.6 Å². The maximum absolute atomic E-state index is 12.2. The van der Waals surface area contributed by atoms with Crippen molar-refractivity contribution in [1.82, 2.24) is 9.80 Å². The minimum absolute atomic E-state index is 0. The van der Waals surface area contributed by atoms with Crippen LogP contribution in [0.4, 0.5) is 0 Å². The van der Waals surface area contributed by atoms with Gasteiger partial charge in [-0.05, 0) is 140 Å². The summed E-state index contributed by atoms with van der Waals surface area (Å²) in [5.74, 6) is -3.92. The molecule has 21 nitrogen and oxygen atoms in total. The van der Waals surface area contributed by atoms with Crippen LogP contribution in [0, 0.1) is 6.92 Å². The van der Waals surface area contributed by atoms with E-state index in [9.17, 15) is 51.3 Å². The molecule has 3 rings (SSSR count). The predicted molar refractivity (Wildman–Crippen MR) is 313 cm³/mol. The van der Waals surface area contributed by atoms with Crippen molar-refractivity contribution in [2.75, 3.05) is 51.1 Å². The van der Waals surface area contributed by atoms with E-state index in [1.807, 2.05) is 88.4 Å². The van der Waals surface area contributed by atoms with Crippen LogP contribution in [0.2, 0.25) is 0 Å². The number of aryl methyl sites for hydroxylation is 2. The number of benzene rings is 3. The largest absolute Gasteiger partial charge is 0.744 e. The van der Waals surface area contributed by atoms with E-state index in [1.165, 1.54) is 27.5 Å². The highest BCUT2D eigenvalue weighted by atomic mass is 79.9. The molecule has 23 heteroatoms. The smallest absolute Gasteiger partial charge is 0.320 e. The van der Waals surface area contributed by atoms with Crippen molar-refractivity contribution < 1.29 is 90.6 Å². The highest BCUT2D eigenvalue weighted by Gasteiger charge is 2.27. The zero-order valence-corrected chi connectivity index (χ0v) is 52.5. The number of alkyl halides is 1. The number of rotatable bonds is 20. The summed E-state index contributed by atoms with van der Waals surface area (Å²) in [6.07, 6.45) is 1.46. The van der Waals surface area contributed by atoms with Crippen molar-refractivity contribution in [3.05, 3.63) is 102 Å². The first-order valence-electron chi connectivity index (χ1n) is 25.8. The van der Waals surface area contributed by atoms with Crippen LogP contribution in [-0.2, 0) is 89.9 Å². The standard InChI is InChI=1S/C21H31NO6.C14H25NO6.C10H13NO.C7H8O3S.C6H11BrO2.CH4/c1-20(2,3)27-18(24)13-22(14-19(25)28-21(4,5)6)12-17(23)26-15-16-10-8-7-9-11-16;1-13(2,3)20-11(18)8-15(7-10(16)17)9-12(19)21-14(4,5)6;11-8-10(12)7-6-9-4-2-1-3-5-9;1-6-2-4-7(5-3-6)11(8,9)10;1-6(2,3)9-5(8)4-7;/h7-11H,12-15H2,1-6H3;7-9H2,1-6H3,(H,16,17);1-5H,6-8,11H2;2-5H,1H3,(H,8,9,10);4H2,1-3H3;1H4. The van der Waals surface area contributed by atoms with Crippen LogP contribution in [0.25, 0.3) is 0 Å². The van der Waals surface area contributed by atoms with Crippen LogP contribution in [0.5, 0.6) is 0 Å². The second-order valence-electron chi connectivity index (χ2n) is 22.9. The Morgan fingerprint density at radius 1 is 0.512 bits per heavy atom. The first-order chi connectivity index (χ1) is 36.9. The van der Waals surface area contributed by atoms with Crippen LogP contribution in [-0.4, -0.2) is 155 Å². The van der Waals surface area contributed by atoms with E-state index >= 15 is 0 Å². The highest BCUT2D eigenvalue weighted by Crippen LogP contribution is 2.13. The third kappa shape index (κ3) is 49.7. The summed E-state index contributed by atoms with van der Waals surface area (Å²) < 4.78 is 62.1. The summed E-state index contributed by atoms with van der Waals surface area (Å²) in [4.78, 5) is 94.5. The molecule has 0 spiro atoms. The molecule has 0 heterocycles. The van der Waals surface area contributed by atoms with Crippen LogP contribution >= 0.6 is 15.9 Å². The number of carboxylic acids is 1. The van der Waals surface area contributed by atoms with Crippen LogP contribution in [0.15, 0.2) is 89.8 Å². The van der Waals surface area contributed by atoms with Gasteiger partial charge in [-0.15, -0.1) is 0 Å². The van der Waals surface area contributed by atoms with Crippen molar-refractivity contribution in [3.8, 4) is 0 Å². The topological polar surface area (TPSA) is 303 Å². The van der Waals surface area contributed by atoms with Crippen molar-refractivity contribution in [2.45, 2.75) is 171 Å². The number of hydrogen-bond acceptors (Lipinski definition) is 19. The Balaban J connectivity index is -0.00000101. The Kier molecular flexibility index (Phi) is 37.7. The lowest BCUT2D eigenvalue weighted by Crippen LogP contribution is -2.54. The van der Waals surface area contributed by atoms with Crippen molar-refractivity contribution in [2.24, 2.45) is 0 Å². The summed E-state index contributed by atoms with van der Waals surface area (Å²) >= 11 is 2.99. The number of halogens is 1. The van der Waals surface area contributed by atoms with Gasteiger partial charge in [0.05, 0.1) is 44.2 Å². The zero-order chi connectivity index (χ0) is 63.0. The first-order valence-corrected chi connectivity index (χ1v) is 28.3. The number of Topliss-reactive ketones (excluding diaryl/α,β-unsaturated/α-hetero) is 1. The summed E-state index contributed by atoms with van der Waals surface area (Å²) in [5.41, 5.74) is 3.52. The fraction of sp³-hybridized carbons (Fsp3) is 0.559. The molecular weight excluding hydrogens is 1150 g/mol.